The van der Waals surface area contributed by atoms with Crippen LogP contribution in [0.4, 0.5) is 0 Å². The second-order valence-corrected chi connectivity index (χ2v) is 8.70. The minimum absolute atomic E-state index is 0.0821. The Balaban J connectivity index is 1.40. The third-order valence-electron chi connectivity index (χ3n) is 6.68. The van der Waals surface area contributed by atoms with Gasteiger partial charge in [-0.3, -0.25) is 19.3 Å². The number of hydrogen-bond donors (Lipinski definition) is 0. The molecule has 0 spiro atoms. The maximum absolute atomic E-state index is 12.9. The first kappa shape index (κ1) is 22.7. The molecule has 1 aliphatic carbocycles. The number of esters is 1. The molecule has 7 heteroatoms. The molecule has 3 amide bonds. The number of rotatable bonds is 6. The van der Waals surface area contributed by atoms with Crippen LogP contribution in [0.25, 0.3) is 0 Å². The smallest absolute Gasteiger partial charge is 0.338 e. The van der Waals surface area contributed by atoms with Crippen molar-refractivity contribution in [2.24, 2.45) is 0 Å². The first-order chi connectivity index (χ1) is 15.9. The summed E-state index contributed by atoms with van der Waals surface area (Å²) in [5.74, 6) is -1.70. The number of carbonyl (C=O) groups excluding carboxylic acids is 4. The normalized spacial score (nSPS) is 17.0. The number of benzene rings is 2. The van der Waals surface area contributed by atoms with Gasteiger partial charge in [-0.1, -0.05) is 49.6 Å². The maximum atomic E-state index is 12.9. The van der Waals surface area contributed by atoms with Crippen LogP contribution in [0.1, 0.15) is 81.7 Å². The van der Waals surface area contributed by atoms with Gasteiger partial charge in [-0.15, -0.1) is 0 Å². The van der Waals surface area contributed by atoms with Crippen LogP contribution in [0.3, 0.4) is 0 Å². The second kappa shape index (κ2) is 9.57. The molecular weight excluding hydrogens is 420 g/mol. The molecule has 2 aliphatic rings. The van der Waals surface area contributed by atoms with Crippen LogP contribution in [0.15, 0.2) is 48.5 Å². The number of imide groups is 1. The molecule has 0 N–H and O–H groups in total. The van der Waals surface area contributed by atoms with Crippen LogP contribution in [0, 0.1) is 0 Å². The van der Waals surface area contributed by atoms with Crippen LogP contribution in [-0.2, 0) is 9.53 Å². The Hall–Kier alpha value is -3.48. The Morgan fingerprint density at radius 3 is 2.36 bits per heavy atom. The molecule has 2 aromatic rings. The Labute approximate surface area is 193 Å². The molecule has 2 aromatic carbocycles. The molecule has 0 saturated heterocycles. The topological polar surface area (TPSA) is 84.0 Å². The fourth-order valence-corrected chi connectivity index (χ4v) is 4.54. The van der Waals surface area contributed by atoms with Crippen LogP contribution >= 0.6 is 0 Å². The van der Waals surface area contributed by atoms with Gasteiger partial charge >= 0.3 is 5.97 Å². The van der Waals surface area contributed by atoms with E-state index in [0.717, 1.165) is 37.7 Å². The summed E-state index contributed by atoms with van der Waals surface area (Å²) < 4.78 is 5.22. The van der Waals surface area contributed by atoms with Gasteiger partial charge in [0.25, 0.3) is 17.7 Å². The molecule has 1 unspecified atom stereocenters. The first-order valence-electron chi connectivity index (χ1n) is 11.4. The summed E-state index contributed by atoms with van der Waals surface area (Å²) in [6.07, 6.45) is 4.75. The Kier molecular flexibility index (Phi) is 6.58. The largest absolute Gasteiger partial charge is 0.452 e. The zero-order valence-electron chi connectivity index (χ0n) is 19.0. The monoisotopic (exact) mass is 448 g/mol. The molecule has 0 aromatic heterocycles. The SMILES string of the molecule is CC(c1ccccc1)N(C)C(=O)COC(=O)c1ccc2c(c1)C(=O)N(C1CCCCC1)C2=O. The molecule has 172 valence electrons. The van der Waals surface area contributed by atoms with Gasteiger partial charge in [-0.25, -0.2) is 4.79 Å². The summed E-state index contributed by atoms with van der Waals surface area (Å²) in [6.45, 7) is 1.49. The summed E-state index contributed by atoms with van der Waals surface area (Å²) in [7, 11) is 1.66. The van der Waals surface area contributed by atoms with Crippen molar-refractivity contribution in [3.63, 3.8) is 0 Å². The lowest BCUT2D eigenvalue weighted by Gasteiger charge is -2.29. The fraction of sp³-hybridized carbons (Fsp3) is 0.385. The van der Waals surface area contributed by atoms with Crippen molar-refractivity contribution in [3.05, 3.63) is 70.8 Å². The summed E-state index contributed by atoms with van der Waals surface area (Å²) in [4.78, 5) is 53.7. The van der Waals surface area contributed by atoms with Crippen molar-refractivity contribution >= 4 is 23.7 Å². The zero-order chi connectivity index (χ0) is 23.5. The number of carbonyl (C=O) groups is 4. The van der Waals surface area contributed by atoms with Gasteiger partial charge in [0.15, 0.2) is 6.61 Å². The van der Waals surface area contributed by atoms with Crippen LogP contribution in [0.2, 0.25) is 0 Å². The molecule has 7 nitrogen and oxygen atoms in total. The van der Waals surface area contributed by atoms with E-state index in [2.05, 4.69) is 0 Å². The number of fused-ring (bicyclic) bond motifs is 1. The average molecular weight is 449 g/mol. The summed E-state index contributed by atoms with van der Waals surface area (Å²) in [5, 5.41) is 0. The van der Waals surface area contributed by atoms with E-state index in [1.54, 1.807) is 7.05 Å². The van der Waals surface area contributed by atoms with Gasteiger partial charge in [-0.2, -0.15) is 0 Å². The molecular formula is C26H28N2O5. The van der Waals surface area contributed by atoms with Crippen LogP contribution in [-0.4, -0.2) is 53.2 Å². The van der Waals surface area contributed by atoms with Crippen LogP contribution < -0.4 is 0 Å². The van der Waals surface area contributed by atoms with E-state index in [-0.39, 0.29) is 40.9 Å². The molecule has 33 heavy (non-hydrogen) atoms. The lowest BCUT2D eigenvalue weighted by atomic mass is 9.94. The van der Waals surface area contributed by atoms with Crippen molar-refractivity contribution in [1.82, 2.24) is 9.80 Å². The minimum atomic E-state index is -0.705. The highest BCUT2D eigenvalue weighted by atomic mass is 16.5. The molecule has 1 saturated carbocycles. The quantitative estimate of drug-likeness (QED) is 0.493. The van der Waals surface area contributed by atoms with Gasteiger partial charge in [0.05, 0.1) is 22.7 Å². The van der Waals surface area contributed by atoms with Gasteiger partial charge in [-0.05, 0) is 43.5 Å². The summed E-state index contributed by atoms with van der Waals surface area (Å²) in [6, 6.07) is 13.7. The number of ether oxygens (including phenoxy) is 1. The van der Waals surface area contributed by atoms with E-state index in [0.29, 0.717) is 5.56 Å². The lowest BCUT2D eigenvalue weighted by molar-refractivity contribution is -0.135. The van der Waals surface area contributed by atoms with Gasteiger partial charge < -0.3 is 9.64 Å². The molecule has 1 heterocycles. The van der Waals surface area contributed by atoms with E-state index in [4.69, 9.17) is 4.74 Å². The van der Waals surface area contributed by atoms with E-state index in [9.17, 15) is 19.2 Å². The molecule has 1 atom stereocenters. The van der Waals surface area contributed by atoms with E-state index in [1.807, 2.05) is 37.3 Å². The van der Waals surface area contributed by atoms with E-state index >= 15 is 0 Å². The molecule has 1 fully saturated rings. The maximum Gasteiger partial charge on any atom is 0.338 e. The van der Waals surface area contributed by atoms with Crippen LogP contribution in [0.5, 0.6) is 0 Å². The van der Waals surface area contributed by atoms with Gasteiger partial charge in [0.1, 0.15) is 0 Å². The Morgan fingerprint density at radius 2 is 1.67 bits per heavy atom. The zero-order valence-corrected chi connectivity index (χ0v) is 19.0. The van der Waals surface area contributed by atoms with Crippen molar-refractivity contribution < 1.29 is 23.9 Å². The molecule has 0 bridgehead atoms. The highest BCUT2D eigenvalue weighted by Crippen LogP contribution is 2.31. The van der Waals surface area contributed by atoms with E-state index in [1.165, 1.54) is 28.0 Å². The molecule has 0 radical (unpaired) electrons. The van der Waals surface area contributed by atoms with Gasteiger partial charge in [0, 0.05) is 13.1 Å². The lowest BCUT2D eigenvalue weighted by Crippen LogP contribution is -2.40. The third kappa shape index (κ3) is 4.53. The predicted molar refractivity (Wildman–Crippen MR) is 122 cm³/mol. The number of hydrogen-bond acceptors (Lipinski definition) is 5. The second-order valence-electron chi connectivity index (χ2n) is 8.70. The summed E-state index contributed by atoms with van der Waals surface area (Å²) in [5.41, 5.74) is 1.66. The third-order valence-corrected chi connectivity index (χ3v) is 6.68. The Morgan fingerprint density at radius 1 is 1.00 bits per heavy atom. The van der Waals surface area contributed by atoms with Crippen molar-refractivity contribution in [3.8, 4) is 0 Å². The standard InChI is InChI=1S/C26H28N2O5/c1-17(18-9-5-3-6-10-18)27(2)23(29)16-33-26(32)19-13-14-21-22(15-19)25(31)28(24(21)30)20-11-7-4-8-12-20/h3,5-6,9-10,13-15,17,20H,4,7-8,11-12,16H2,1-2H3. The number of likely N-dealkylation sites (N-methyl/N-ethyl adjacent to an activating group) is 1. The summed E-state index contributed by atoms with van der Waals surface area (Å²) >= 11 is 0. The van der Waals surface area contributed by atoms with Crippen molar-refractivity contribution in [2.75, 3.05) is 13.7 Å². The van der Waals surface area contributed by atoms with Crippen molar-refractivity contribution in [1.29, 1.82) is 0 Å². The van der Waals surface area contributed by atoms with Gasteiger partial charge in [0.2, 0.25) is 0 Å². The molecule has 4 rings (SSSR count). The minimum Gasteiger partial charge on any atom is -0.452 e. The predicted octanol–water partition coefficient (Wildman–Crippen LogP) is 3.99. The highest BCUT2D eigenvalue weighted by molar-refractivity contribution is 6.22. The number of amides is 3. The Bertz CT molecular complexity index is 1080. The number of nitrogens with zero attached hydrogens (tertiary/aromatic N) is 2. The van der Waals surface area contributed by atoms with E-state index < -0.39 is 12.6 Å². The first-order valence-corrected chi connectivity index (χ1v) is 11.4. The van der Waals surface area contributed by atoms with Crippen molar-refractivity contribution in [2.45, 2.75) is 51.1 Å². The molecule has 1 aliphatic heterocycles. The highest BCUT2D eigenvalue weighted by Gasteiger charge is 2.40. The average Bonchev–Trinajstić information content (AvgIpc) is 3.11. The fourth-order valence-electron chi connectivity index (χ4n) is 4.54.